The minimum atomic E-state index is -0.580. The van der Waals surface area contributed by atoms with Crippen LogP contribution in [0.3, 0.4) is 0 Å². The molecule has 2 N–H and O–H groups in total. The number of anilines is 1. The van der Waals surface area contributed by atoms with Crippen LogP contribution in [0.4, 0.5) is 11.5 Å². The number of rotatable bonds is 7. The van der Waals surface area contributed by atoms with Gasteiger partial charge in [0.1, 0.15) is 17.6 Å². The predicted molar refractivity (Wildman–Crippen MR) is 79.3 cm³/mol. The van der Waals surface area contributed by atoms with Crippen LogP contribution in [0.15, 0.2) is 12.3 Å². The van der Waals surface area contributed by atoms with E-state index in [9.17, 15) is 14.9 Å². The number of hydrogen-bond acceptors (Lipinski definition) is 5. The molecule has 1 aromatic heterocycles. The minimum Gasteiger partial charge on any atom is -0.370 e. The summed E-state index contributed by atoms with van der Waals surface area (Å²) in [6, 6.07) is 1.45. The van der Waals surface area contributed by atoms with Crippen molar-refractivity contribution in [3.8, 4) is 0 Å². The normalized spacial score (nSPS) is 15.3. The maximum atomic E-state index is 12.3. The zero-order valence-electron chi connectivity index (χ0n) is 12.3. The van der Waals surface area contributed by atoms with Gasteiger partial charge in [0.05, 0.1) is 4.92 Å². The first kappa shape index (κ1) is 15.2. The van der Waals surface area contributed by atoms with Crippen LogP contribution in [0.25, 0.3) is 0 Å². The van der Waals surface area contributed by atoms with Gasteiger partial charge in [0.2, 0.25) is 0 Å². The van der Waals surface area contributed by atoms with E-state index in [1.165, 1.54) is 18.9 Å². The van der Waals surface area contributed by atoms with Crippen molar-refractivity contribution in [1.29, 1.82) is 0 Å². The number of hydrogen-bond donors (Lipinski definition) is 2. The highest BCUT2D eigenvalue weighted by atomic mass is 16.6. The van der Waals surface area contributed by atoms with E-state index in [1.807, 2.05) is 13.8 Å². The van der Waals surface area contributed by atoms with Gasteiger partial charge in [-0.15, -0.1) is 0 Å². The van der Waals surface area contributed by atoms with Gasteiger partial charge in [-0.25, -0.2) is 4.98 Å². The molecule has 1 fully saturated rings. The second-order valence-electron chi connectivity index (χ2n) is 5.43. The molecule has 0 radical (unpaired) electrons. The quantitative estimate of drug-likeness (QED) is 0.594. The largest absolute Gasteiger partial charge is 0.370 e. The lowest BCUT2D eigenvalue weighted by molar-refractivity contribution is -0.385. The number of carbonyl (C=O) groups is 1. The number of nitro groups is 1. The standard InChI is InChI=1S/C14H20N4O3/c1-3-15-13-7-11(12(8-16-13)18(20)21)14(19)17-9(2)6-10-4-5-10/h7-10H,3-6H2,1-2H3,(H,15,16)(H,17,19). The lowest BCUT2D eigenvalue weighted by Gasteiger charge is -2.14. The maximum absolute atomic E-state index is 12.3. The fraction of sp³-hybridized carbons (Fsp3) is 0.571. The molecule has 7 nitrogen and oxygen atoms in total. The fourth-order valence-electron chi connectivity index (χ4n) is 2.27. The van der Waals surface area contributed by atoms with Gasteiger partial charge in [0, 0.05) is 18.7 Å². The Morgan fingerprint density at radius 1 is 1.57 bits per heavy atom. The van der Waals surface area contributed by atoms with Gasteiger partial charge in [0.25, 0.3) is 11.6 Å². The molecule has 1 unspecified atom stereocenters. The van der Waals surface area contributed by atoms with Gasteiger partial charge in [-0.05, 0) is 26.2 Å². The zero-order valence-corrected chi connectivity index (χ0v) is 12.3. The molecule has 0 aliphatic heterocycles. The van der Waals surface area contributed by atoms with Crippen molar-refractivity contribution in [2.75, 3.05) is 11.9 Å². The number of pyridine rings is 1. The average molecular weight is 292 g/mol. The summed E-state index contributed by atoms with van der Waals surface area (Å²) in [6.45, 7) is 4.44. The monoisotopic (exact) mass is 292 g/mol. The summed E-state index contributed by atoms with van der Waals surface area (Å²) in [5, 5.41) is 16.8. The molecule has 0 bridgehead atoms. The maximum Gasteiger partial charge on any atom is 0.300 e. The third-order valence-corrected chi connectivity index (χ3v) is 3.44. The van der Waals surface area contributed by atoms with E-state index in [0.717, 1.165) is 12.6 Å². The van der Waals surface area contributed by atoms with Crippen LogP contribution in [-0.4, -0.2) is 28.4 Å². The SMILES string of the molecule is CCNc1cc(C(=O)NC(C)CC2CC2)c([N+](=O)[O-])cn1. The highest BCUT2D eigenvalue weighted by molar-refractivity contribution is 5.98. The van der Waals surface area contributed by atoms with E-state index >= 15 is 0 Å². The first-order valence-electron chi connectivity index (χ1n) is 7.20. The first-order valence-corrected chi connectivity index (χ1v) is 7.20. The lowest BCUT2D eigenvalue weighted by Crippen LogP contribution is -2.33. The summed E-state index contributed by atoms with van der Waals surface area (Å²) < 4.78 is 0. The van der Waals surface area contributed by atoms with Crippen molar-refractivity contribution in [2.45, 2.75) is 39.2 Å². The fourth-order valence-corrected chi connectivity index (χ4v) is 2.27. The second kappa shape index (κ2) is 6.51. The summed E-state index contributed by atoms with van der Waals surface area (Å²) in [5.74, 6) is 0.726. The molecule has 1 aromatic rings. The molecule has 1 aliphatic carbocycles. The second-order valence-corrected chi connectivity index (χ2v) is 5.43. The third-order valence-electron chi connectivity index (χ3n) is 3.44. The molecule has 1 heterocycles. The number of carbonyl (C=O) groups excluding carboxylic acids is 1. The number of nitrogens with one attached hydrogen (secondary N) is 2. The van der Waals surface area contributed by atoms with Crippen molar-refractivity contribution in [3.05, 3.63) is 27.9 Å². The van der Waals surface area contributed by atoms with E-state index in [0.29, 0.717) is 18.3 Å². The van der Waals surface area contributed by atoms with Crippen LogP contribution in [0.5, 0.6) is 0 Å². The van der Waals surface area contributed by atoms with Gasteiger partial charge < -0.3 is 10.6 Å². The molecule has 1 amide bonds. The van der Waals surface area contributed by atoms with Crippen LogP contribution in [0.1, 0.15) is 43.5 Å². The lowest BCUT2D eigenvalue weighted by atomic mass is 10.1. The van der Waals surface area contributed by atoms with Gasteiger partial charge >= 0.3 is 0 Å². The highest BCUT2D eigenvalue weighted by Crippen LogP contribution is 2.33. The number of amides is 1. The topological polar surface area (TPSA) is 97.2 Å². The summed E-state index contributed by atoms with van der Waals surface area (Å²) in [4.78, 5) is 26.7. The van der Waals surface area contributed by atoms with Crippen LogP contribution in [-0.2, 0) is 0 Å². The molecule has 7 heteroatoms. The summed E-state index contributed by atoms with van der Waals surface area (Å²) in [5.41, 5.74) is -0.221. The molecule has 1 atom stereocenters. The van der Waals surface area contributed by atoms with Gasteiger partial charge in [-0.3, -0.25) is 14.9 Å². The average Bonchev–Trinajstić information content (AvgIpc) is 3.22. The van der Waals surface area contributed by atoms with Crippen molar-refractivity contribution in [1.82, 2.24) is 10.3 Å². The Kier molecular flexibility index (Phi) is 4.72. The molecule has 0 saturated heterocycles. The van der Waals surface area contributed by atoms with Gasteiger partial charge in [-0.2, -0.15) is 0 Å². The Morgan fingerprint density at radius 3 is 2.86 bits per heavy atom. The Hall–Kier alpha value is -2.18. The Balaban J connectivity index is 2.15. The molecule has 114 valence electrons. The number of aromatic nitrogens is 1. The Labute approximate surface area is 123 Å². The van der Waals surface area contributed by atoms with Crippen LogP contribution >= 0.6 is 0 Å². The third kappa shape index (κ3) is 4.14. The predicted octanol–water partition coefficient (Wildman–Crippen LogP) is 2.34. The molecular formula is C14H20N4O3. The van der Waals surface area contributed by atoms with Crippen molar-refractivity contribution >= 4 is 17.4 Å². The Bertz CT molecular complexity index is 543. The number of nitrogens with zero attached hydrogens (tertiary/aromatic N) is 2. The van der Waals surface area contributed by atoms with Crippen LogP contribution < -0.4 is 10.6 Å². The molecule has 0 aromatic carbocycles. The molecule has 1 saturated carbocycles. The van der Waals surface area contributed by atoms with Crippen molar-refractivity contribution in [2.24, 2.45) is 5.92 Å². The minimum absolute atomic E-state index is 0.0142. The molecule has 21 heavy (non-hydrogen) atoms. The van der Waals surface area contributed by atoms with Crippen molar-refractivity contribution < 1.29 is 9.72 Å². The van der Waals surface area contributed by atoms with Crippen LogP contribution in [0, 0.1) is 16.0 Å². The van der Waals surface area contributed by atoms with E-state index in [2.05, 4.69) is 15.6 Å². The summed E-state index contributed by atoms with van der Waals surface area (Å²) in [7, 11) is 0. The van der Waals surface area contributed by atoms with Crippen LogP contribution in [0.2, 0.25) is 0 Å². The van der Waals surface area contributed by atoms with E-state index < -0.39 is 10.8 Å². The Morgan fingerprint density at radius 2 is 2.29 bits per heavy atom. The van der Waals surface area contributed by atoms with Crippen molar-refractivity contribution in [3.63, 3.8) is 0 Å². The molecule has 2 rings (SSSR count). The summed E-state index contributed by atoms with van der Waals surface area (Å²) >= 11 is 0. The first-order chi connectivity index (χ1) is 10.0. The zero-order chi connectivity index (χ0) is 15.4. The van der Waals surface area contributed by atoms with E-state index in [-0.39, 0.29) is 17.3 Å². The van der Waals surface area contributed by atoms with E-state index in [4.69, 9.17) is 0 Å². The van der Waals surface area contributed by atoms with E-state index in [1.54, 1.807) is 0 Å². The molecule has 0 spiro atoms. The van der Waals surface area contributed by atoms with Gasteiger partial charge in [0.15, 0.2) is 0 Å². The molecular weight excluding hydrogens is 272 g/mol. The smallest absolute Gasteiger partial charge is 0.300 e. The molecule has 1 aliphatic rings. The highest BCUT2D eigenvalue weighted by Gasteiger charge is 2.26. The van der Waals surface area contributed by atoms with Gasteiger partial charge in [-0.1, -0.05) is 12.8 Å². The summed E-state index contributed by atoms with van der Waals surface area (Å²) in [6.07, 6.45) is 4.46.